The lowest BCUT2D eigenvalue weighted by atomic mass is 9.82. The first kappa shape index (κ1) is 15.2. The van der Waals surface area contributed by atoms with Gasteiger partial charge in [0.1, 0.15) is 0 Å². The van der Waals surface area contributed by atoms with Crippen molar-refractivity contribution in [2.75, 3.05) is 0 Å². The molecule has 1 aromatic rings. The lowest BCUT2D eigenvalue weighted by molar-refractivity contribution is 0.720. The summed E-state index contributed by atoms with van der Waals surface area (Å²) in [6, 6.07) is 4.83. The molecule has 0 heterocycles. The molecule has 0 spiro atoms. The average Bonchev–Trinajstić information content (AvgIpc) is 2.26. The van der Waals surface area contributed by atoms with Crippen molar-refractivity contribution in [3.63, 3.8) is 0 Å². The molecule has 2 N–H and O–H groups in total. The molecule has 0 saturated heterocycles. The van der Waals surface area contributed by atoms with Crippen LogP contribution in [-0.2, 0) is 0 Å². The predicted octanol–water partition coefficient (Wildman–Crippen LogP) is 5.08. The zero-order valence-electron chi connectivity index (χ0n) is 13.0. The highest BCUT2D eigenvalue weighted by Crippen LogP contribution is 2.34. The van der Waals surface area contributed by atoms with Gasteiger partial charge in [-0.05, 0) is 46.9 Å². The van der Waals surface area contributed by atoms with Crippen LogP contribution in [0.2, 0.25) is 0 Å². The van der Waals surface area contributed by atoms with Gasteiger partial charge in [-0.1, -0.05) is 53.7 Å². The van der Waals surface area contributed by atoms with E-state index in [1.165, 1.54) is 22.3 Å². The van der Waals surface area contributed by atoms with Crippen molar-refractivity contribution >= 4 is 0 Å². The van der Waals surface area contributed by atoms with Crippen LogP contribution in [0.4, 0.5) is 0 Å². The number of nitrogens with two attached hydrogens (primary N) is 1. The Bertz CT molecular complexity index is 371. The van der Waals surface area contributed by atoms with Gasteiger partial charge in [0.2, 0.25) is 0 Å². The third-order valence-corrected chi connectivity index (χ3v) is 3.63. The average molecular weight is 247 g/mol. The van der Waals surface area contributed by atoms with Crippen molar-refractivity contribution in [3.05, 3.63) is 34.4 Å². The zero-order valence-corrected chi connectivity index (χ0v) is 13.0. The van der Waals surface area contributed by atoms with E-state index in [0.29, 0.717) is 17.8 Å². The Kier molecular flexibility index (Phi) is 4.98. The fourth-order valence-corrected chi connectivity index (χ4v) is 2.54. The van der Waals surface area contributed by atoms with E-state index in [1.54, 1.807) is 0 Å². The lowest BCUT2D eigenvalue weighted by Crippen LogP contribution is -2.14. The Balaban J connectivity index is 3.55. The quantitative estimate of drug-likeness (QED) is 0.789. The lowest BCUT2D eigenvalue weighted by Gasteiger charge is -2.25. The summed E-state index contributed by atoms with van der Waals surface area (Å²) >= 11 is 0. The van der Waals surface area contributed by atoms with Crippen LogP contribution in [0.15, 0.2) is 12.1 Å². The van der Waals surface area contributed by atoms with Gasteiger partial charge in [-0.2, -0.15) is 0 Å². The Morgan fingerprint density at radius 3 is 1.33 bits per heavy atom. The van der Waals surface area contributed by atoms with Crippen LogP contribution in [0.1, 0.15) is 94.5 Å². The Hall–Kier alpha value is -0.820. The van der Waals surface area contributed by atoms with Gasteiger partial charge in [0.15, 0.2) is 0 Å². The minimum atomic E-state index is 0.112. The maximum atomic E-state index is 6.22. The van der Waals surface area contributed by atoms with Gasteiger partial charge in [0.25, 0.3) is 0 Å². The second kappa shape index (κ2) is 5.88. The van der Waals surface area contributed by atoms with Crippen LogP contribution in [0.25, 0.3) is 0 Å². The van der Waals surface area contributed by atoms with Gasteiger partial charge >= 0.3 is 0 Å². The second-order valence-electron chi connectivity index (χ2n) is 6.37. The monoisotopic (exact) mass is 247 g/mol. The highest BCUT2D eigenvalue weighted by atomic mass is 14.6. The number of hydrogen-bond donors (Lipinski definition) is 1. The number of rotatable bonds is 4. The van der Waals surface area contributed by atoms with E-state index in [1.807, 2.05) is 0 Å². The number of benzene rings is 1. The smallest absolute Gasteiger partial charge is 0.0271 e. The van der Waals surface area contributed by atoms with Gasteiger partial charge in [-0.3, -0.25) is 0 Å². The topological polar surface area (TPSA) is 26.0 Å². The molecule has 1 atom stereocenters. The molecule has 0 radical (unpaired) electrons. The fraction of sp³-hybridized carbons (Fsp3) is 0.647. The van der Waals surface area contributed by atoms with Crippen LogP contribution in [0, 0.1) is 0 Å². The van der Waals surface area contributed by atoms with Crippen molar-refractivity contribution in [3.8, 4) is 0 Å². The van der Waals surface area contributed by atoms with Crippen molar-refractivity contribution in [1.29, 1.82) is 0 Å². The molecule has 1 unspecified atom stereocenters. The summed E-state index contributed by atoms with van der Waals surface area (Å²) in [6.07, 6.45) is 0. The first-order valence-electron chi connectivity index (χ1n) is 7.18. The predicted molar refractivity (Wildman–Crippen MR) is 81.3 cm³/mol. The third kappa shape index (κ3) is 3.14. The Labute approximate surface area is 113 Å². The standard InChI is InChI=1S/C17H29N/c1-10(2)14-8-15(11(3)4)17(13(7)18)16(9-14)12(5)6/h8-13H,18H2,1-7H3. The molecule has 0 aliphatic heterocycles. The number of hydrogen-bond acceptors (Lipinski definition) is 1. The normalized spacial score (nSPS) is 13.7. The SMILES string of the molecule is CC(C)c1cc(C(C)C)c(C(C)N)c(C(C)C)c1. The van der Waals surface area contributed by atoms with Crippen LogP contribution in [-0.4, -0.2) is 0 Å². The van der Waals surface area contributed by atoms with Crippen molar-refractivity contribution in [1.82, 2.24) is 0 Å². The largest absolute Gasteiger partial charge is 0.324 e. The summed E-state index contributed by atoms with van der Waals surface area (Å²) in [5.74, 6) is 1.63. The highest BCUT2D eigenvalue weighted by Gasteiger charge is 2.19. The Morgan fingerprint density at radius 1 is 0.722 bits per heavy atom. The van der Waals surface area contributed by atoms with Gasteiger partial charge in [-0.15, -0.1) is 0 Å². The van der Waals surface area contributed by atoms with E-state index in [-0.39, 0.29) is 6.04 Å². The van der Waals surface area contributed by atoms with Crippen LogP contribution in [0.3, 0.4) is 0 Å². The molecule has 0 fully saturated rings. The van der Waals surface area contributed by atoms with Crippen LogP contribution < -0.4 is 5.73 Å². The molecule has 0 bridgehead atoms. The van der Waals surface area contributed by atoms with Crippen molar-refractivity contribution < 1.29 is 0 Å². The second-order valence-corrected chi connectivity index (χ2v) is 6.37. The zero-order chi connectivity index (χ0) is 14.0. The minimum absolute atomic E-state index is 0.112. The molecule has 0 aliphatic rings. The van der Waals surface area contributed by atoms with Crippen LogP contribution in [0.5, 0.6) is 0 Å². The summed E-state index contributed by atoms with van der Waals surface area (Å²) in [5.41, 5.74) is 11.9. The summed E-state index contributed by atoms with van der Waals surface area (Å²) < 4.78 is 0. The molecule has 1 nitrogen and oxygen atoms in total. The van der Waals surface area contributed by atoms with Gasteiger partial charge < -0.3 is 5.73 Å². The molecular weight excluding hydrogens is 218 g/mol. The van der Waals surface area contributed by atoms with Gasteiger partial charge in [0.05, 0.1) is 0 Å². The first-order valence-corrected chi connectivity index (χ1v) is 7.18. The first-order chi connectivity index (χ1) is 8.25. The summed E-state index contributed by atoms with van der Waals surface area (Å²) in [6.45, 7) is 15.7. The molecule has 1 rings (SSSR count). The van der Waals surface area contributed by atoms with Crippen LogP contribution >= 0.6 is 0 Å². The van der Waals surface area contributed by atoms with E-state index >= 15 is 0 Å². The van der Waals surface area contributed by atoms with E-state index in [0.717, 1.165) is 0 Å². The summed E-state index contributed by atoms with van der Waals surface area (Å²) in [7, 11) is 0. The molecule has 0 saturated carbocycles. The highest BCUT2D eigenvalue weighted by molar-refractivity contribution is 5.45. The van der Waals surface area contributed by atoms with Crippen molar-refractivity contribution in [2.45, 2.75) is 72.3 Å². The van der Waals surface area contributed by atoms with E-state index < -0.39 is 0 Å². The molecule has 0 aliphatic carbocycles. The van der Waals surface area contributed by atoms with Gasteiger partial charge in [-0.25, -0.2) is 0 Å². The molecule has 102 valence electrons. The Morgan fingerprint density at radius 2 is 1.11 bits per heavy atom. The van der Waals surface area contributed by atoms with E-state index in [9.17, 15) is 0 Å². The molecule has 1 heteroatoms. The van der Waals surface area contributed by atoms with Crippen molar-refractivity contribution in [2.24, 2.45) is 5.73 Å². The van der Waals surface area contributed by atoms with E-state index in [2.05, 4.69) is 60.6 Å². The molecule has 0 amide bonds. The molecule has 1 aromatic carbocycles. The molecule has 18 heavy (non-hydrogen) atoms. The minimum Gasteiger partial charge on any atom is -0.324 e. The van der Waals surface area contributed by atoms with Gasteiger partial charge in [0, 0.05) is 6.04 Å². The molecule has 0 aromatic heterocycles. The molecular formula is C17H29N. The maximum Gasteiger partial charge on any atom is 0.0271 e. The third-order valence-electron chi connectivity index (χ3n) is 3.63. The van der Waals surface area contributed by atoms with E-state index in [4.69, 9.17) is 5.73 Å². The summed E-state index contributed by atoms with van der Waals surface area (Å²) in [4.78, 5) is 0. The summed E-state index contributed by atoms with van der Waals surface area (Å²) in [5, 5.41) is 0. The fourth-order valence-electron chi connectivity index (χ4n) is 2.54. The maximum absolute atomic E-state index is 6.22.